The third-order valence-electron chi connectivity index (χ3n) is 3.58. The van der Waals surface area contributed by atoms with E-state index in [2.05, 4.69) is 15.1 Å². The SMILES string of the molecule is CC(C)(C)OC(=O)N1CC[C@@H](n2ncc3c(N)ncnc32)C1. The molecular formula is C14H20N6O2. The Morgan fingerprint density at radius 1 is 1.41 bits per heavy atom. The Hall–Kier alpha value is -2.38. The van der Waals surface area contributed by atoms with E-state index in [1.807, 2.05) is 25.5 Å². The van der Waals surface area contributed by atoms with Gasteiger partial charge in [0.05, 0.1) is 17.6 Å². The lowest BCUT2D eigenvalue weighted by atomic mass is 10.2. The zero-order chi connectivity index (χ0) is 15.9. The second-order valence-corrected chi connectivity index (χ2v) is 6.45. The summed E-state index contributed by atoms with van der Waals surface area (Å²) < 4.78 is 7.22. The number of nitrogen functional groups attached to an aromatic ring is 1. The number of rotatable bonds is 1. The van der Waals surface area contributed by atoms with Crippen LogP contribution in [0.2, 0.25) is 0 Å². The van der Waals surface area contributed by atoms with Crippen LogP contribution in [0.3, 0.4) is 0 Å². The molecule has 1 amide bonds. The molecule has 0 saturated carbocycles. The Morgan fingerprint density at radius 3 is 2.91 bits per heavy atom. The lowest BCUT2D eigenvalue weighted by Crippen LogP contribution is -2.35. The molecule has 0 spiro atoms. The molecule has 8 nitrogen and oxygen atoms in total. The molecule has 1 aliphatic heterocycles. The van der Waals surface area contributed by atoms with E-state index in [4.69, 9.17) is 10.5 Å². The molecule has 3 rings (SSSR count). The van der Waals surface area contributed by atoms with Crippen LogP contribution in [-0.2, 0) is 4.74 Å². The minimum atomic E-state index is -0.491. The van der Waals surface area contributed by atoms with Crippen LogP contribution in [0.4, 0.5) is 10.6 Å². The zero-order valence-corrected chi connectivity index (χ0v) is 13.0. The maximum atomic E-state index is 12.1. The van der Waals surface area contributed by atoms with Crippen molar-refractivity contribution in [2.24, 2.45) is 0 Å². The van der Waals surface area contributed by atoms with Gasteiger partial charge in [0.25, 0.3) is 0 Å². The lowest BCUT2D eigenvalue weighted by molar-refractivity contribution is 0.0288. The Labute approximate surface area is 128 Å². The number of amides is 1. The van der Waals surface area contributed by atoms with Crippen LogP contribution in [0.1, 0.15) is 33.2 Å². The standard InChI is InChI=1S/C14H20N6O2/c1-14(2,3)22-13(21)19-5-4-9(7-19)20-12-10(6-18-20)11(15)16-8-17-12/h6,8-9H,4-5,7H2,1-3H3,(H2,15,16,17)/t9-/m1/s1. The molecule has 1 fully saturated rings. The van der Waals surface area contributed by atoms with E-state index in [1.165, 1.54) is 6.33 Å². The molecule has 118 valence electrons. The number of aromatic nitrogens is 4. The predicted molar refractivity (Wildman–Crippen MR) is 81.2 cm³/mol. The molecule has 1 saturated heterocycles. The maximum Gasteiger partial charge on any atom is 0.410 e. The van der Waals surface area contributed by atoms with Gasteiger partial charge in [0.2, 0.25) is 0 Å². The van der Waals surface area contributed by atoms with Gasteiger partial charge in [0.1, 0.15) is 17.7 Å². The Morgan fingerprint density at radius 2 is 2.18 bits per heavy atom. The topological polar surface area (TPSA) is 99.2 Å². The highest BCUT2D eigenvalue weighted by Crippen LogP contribution is 2.26. The van der Waals surface area contributed by atoms with Gasteiger partial charge >= 0.3 is 6.09 Å². The normalized spacial score (nSPS) is 18.9. The summed E-state index contributed by atoms with van der Waals surface area (Å²) in [6, 6.07) is 0.0688. The second-order valence-electron chi connectivity index (χ2n) is 6.45. The molecule has 8 heteroatoms. The van der Waals surface area contributed by atoms with Crippen molar-refractivity contribution in [3.05, 3.63) is 12.5 Å². The third-order valence-corrected chi connectivity index (χ3v) is 3.58. The van der Waals surface area contributed by atoms with Crippen molar-refractivity contribution < 1.29 is 9.53 Å². The number of ether oxygens (including phenoxy) is 1. The first-order chi connectivity index (χ1) is 10.3. The summed E-state index contributed by atoms with van der Waals surface area (Å²) in [6.07, 6.45) is 3.61. The van der Waals surface area contributed by atoms with Crippen molar-refractivity contribution in [2.75, 3.05) is 18.8 Å². The molecule has 2 aromatic rings. The lowest BCUT2D eigenvalue weighted by Gasteiger charge is -2.24. The van der Waals surface area contributed by atoms with E-state index in [1.54, 1.807) is 11.1 Å². The molecule has 0 aromatic carbocycles. The van der Waals surface area contributed by atoms with Crippen molar-refractivity contribution in [1.29, 1.82) is 0 Å². The van der Waals surface area contributed by atoms with E-state index in [0.29, 0.717) is 24.6 Å². The summed E-state index contributed by atoms with van der Waals surface area (Å²) >= 11 is 0. The first-order valence-electron chi connectivity index (χ1n) is 7.27. The maximum absolute atomic E-state index is 12.1. The Kier molecular flexibility index (Phi) is 3.38. The quantitative estimate of drug-likeness (QED) is 0.859. The molecule has 0 aliphatic carbocycles. The van der Waals surface area contributed by atoms with Crippen molar-refractivity contribution in [3.8, 4) is 0 Å². The number of carbonyl (C=O) groups is 1. The number of fused-ring (bicyclic) bond motifs is 1. The molecule has 1 atom stereocenters. The van der Waals surface area contributed by atoms with E-state index in [9.17, 15) is 4.79 Å². The summed E-state index contributed by atoms with van der Waals surface area (Å²) in [5.74, 6) is 0.415. The number of carbonyl (C=O) groups excluding carboxylic acids is 1. The highest BCUT2D eigenvalue weighted by atomic mass is 16.6. The number of nitrogens with zero attached hydrogens (tertiary/aromatic N) is 5. The monoisotopic (exact) mass is 304 g/mol. The highest BCUT2D eigenvalue weighted by Gasteiger charge is 2.32. The van der Waals surface area contributed by atoms with E-state index in [0.717, 1.165) is 11.8 Å². The second kappa shape index (κ2) is 5.11. The van der Waals surface area contributed by atoms with Gasteiger partial charge in [-0.15, -0.1) is 0 Å². The number of likely N-dealkylation sites (tertiary alicyclic amines) is 1. The van der Waals surface area contributed by atoms with Crippen LogP contribution < -0.4 is 5.73 Å². The fourth-order valence-electron chi connectivity index (χ4n) is 2.58. The first kappa shape index (κ1) is 14.6. The van der Waals surface area contributed by atoms with Crippen molar-refractivity contribution in [3.63, 3.8) is 0 Å². The van der Waals surface area contributed by atoms with E-state index < -0.39 is 5.60 Å². The predicted octanol–water partition coefficient (Wildman–Crippen LogP) is 1.59. The zero-order valence-electron chi connectivity index (χ0n) is 13.0. The molecule has 22 heavy (non-hydrogen) atoms. The van der Waals surface area contributed by atoms with Gasteiger partial charge in [0.15, 0.2) is 5.65 Å². The van der Waals surface area contributed by atoms with Gasteiger partial charge in [-0.05, 0) is 27.2 Å². The van der Waals surface area contributed by atoms with Gasteiger partial charge in [-0.1, -0.05) is 0 Å². The summed E-state index contributed by atoms with van der Waals surface area (Å²) in [5.41, 5.74) is 6.03. The smallest absolute Gasteiger partial charge is 0.410 e. The fraction of sp³-hybridized carbons (Fsp3) is 0.571. The average Bonchev–Trinajstić information content (AvgIpc) is 3.03. The van der Waals surface area contributed by atoms with Crippen LogP contribution >= 0.6 is 0 Å². The molecule has 2 aromatic heterocycles. The molecule has 3 heterocycles. The number of anilines is 1. The molecule has 1 aliphatic rings. The fourth-order valence-corrected chi connectivity index (χ4v) is 2.58. The first-order valence-corrected chi connectivity index (χ1v) is 7.27. The Bertz CT molecular complexity index is 705. The van der Waals surface area contributed by atoms with Gasteiger partial charge in [0, 0.05) is 13.1 Å². The summed E-state index contributed by atoms with van der Waals surface area (Å²) in [5, 5.41) is 5.10. The van der Waals surface area contributed by atoms with Crippen LogP contribution in [0, 0.1) is 0 Å². The van der Waals surface area contributed by atoms with E-state index in [-0.39, 0.29) is 12.1 Å². The third kappa shape index (κ3) is 2.68. The van der Waals surface area contributed by atoms with Crippen molar-refractivity contribution in [2.45, 2.75) is 38.8 Å². The van der Waals surface area contributed by atoms with Crippen LogP contribution in [0.25, 0.3) is 11.0 Å². The molecule has 0 bridgehead atoms. The molecular weight excluding hydrogens is 284 g/mol. The minimum Gasteiger partial charge on any atom is -0.444 e. The average molecular weight is 304 g/mol. The number of hydrogen-bond donors (Lipinski definition) is 1. The summed E-state index contributed by atoms with van der Waals surface area (Å²) in [7, 11) is 0. The minimum absolute atomic E-state index is 0.0688. The summed E-state index contributed by atoms with van der Waals surface area (Å²) in [6.45, 7) is 6.77. The Balaban J connectivity index is 1.77. The number of hydrogen-bond acceptors (Lipinski definition) is 6. The molecule has 0 unspecified atom stereocenters. The van der Waals surface area contributed by atoms with Gasteiger partial charge in [-0.2, -0.15) is 5.10 Å². The van der Waals surface area contributed by atoms with Gasteiger partial charge in [-0.25, -0.2) is 19.4 Å². The van der Waals surface area contributed by atoms with E-state index >= 15 is 0 Å². The van der Waals surface area contributed by atoms with Gasteiger partial charge < -0.3 is 15.4 Å². The number of nitrogens with two attached hydrogens (primary N) is 1. The van der Waals surface area contributed by atoms with Crippen molar-refractivity contribution in [1.82, 2.24) is 24.6 Å². The summed E-state index contributed by atoms with van der Waals surface area (Å²) in [4.78, 5) is 22.0. The van der Waals surface area contributed by atoms with Crippen LogP contribution in [0.5, 0.6) is 0 Å². The van der Waals surface area contributed by atoms with Crippen LogP contribution in [-0.4, -0.2) is 49.4 Å². The molecule has 2 N–H and O–H groups in total. The highest BCUT2D eigenvalue weighted by molar-refractivity contribution is 5.84. The largest absolute Gasteiger partial charge is 0.444 e. The van der Waals surface area contributed by atoms with Gasteiger partial charge in [-0.3, -0.25) is 0 Å². The van der Waals surface area contributed by atoms with Crippen molar-refractivity contribution >= 4 is 22.9 Å². The van der Waals surface area contributed by atoms with Crippen LogP contribution in [0.15, 0.2) is 12.5 Å². The molecule has 0 radical (unpaired) electrons.